The third kappa shape index (κ3) is 2.34. The molecule has 14 heavy (non-hydrogen) atoms. The van der Waals surface area contributed by atoms with Gasteiger partial charge >= 0.3 is 6.61 Å². The van der Waals surface area contributed by atoms with Crippen LogP contribution in [0.15, 0.2) is 12.1 Å². The Morgan fingerprint density at radius 3 is 2.14 bits per heavy atom. The molecule has 0 saturated heterocycles. The molecule has 0 atom stereocenters. The summed E-state index contributed by atoms with van der Waals surface area (Å²) in [5, 5.41) is 0. The molecule has 0 fully saturated rings. The third-order valence-corrected chi connectivity index (χ3v) is 1.91. The minimum Gasteiger partial charge on any atom is -0.496 e. The maximum Gasteiger partial charge on any atom is 0.387 e. The van der Waals surface area contributed by atoms with Crippen molar-refractivity contribution in [2.75, 3.05) is 7.11 Å². The van der Waals surface area contributed by atoms with Crippen LogP contribution in [0, 0.1) is 13.8 Å². The van der Waals surface area contributed by atoms with Crippen molar-refractivity contribution in [1.82, 2.24) is 0 Å². The molecule has 78 valence electrons. The molecule has 0 aromatic heterocycles. The first-order valence-electron chi connectivity index (χ1n) is 4.14. The minimum atomic E-state index is -2.80. The fraction of sp³-hybridized carbons (Fsp3) is 0.400. The largest absolute Gasteiger partial charge is 0.496 e. The topological polar surface area (TPSA) is 18.5 Å². The van der Waals surface area contributed by atoms with Crippen LogP contribution in [0.4, 0.5) is 8.78 Å². The van der Waals surface area contributed by atoms with E-state index in [1.165, 1.54) is 13.2 Å². The van der Waals surface area contributed by atoms with Gasteiger partial charge in [0.15, 0.2) is 0 Å². The zero-order valence-corrected chi connectivity index (χ0v) is 8.30. The molecule has 0 N–H and O–H groups in total. The zero-order chi connectivity index (χ0) is 10.7. The molecule has 1 aromatic carbocycles. The Labute approximate surface area is 81.4 Å². The first-order valence-corrected chi connectivity index (χ1v) is 4.14. The first kappa shape index (κ1) is 10.8. The van der Waals surface area contributed by atoms with Crippen molar-refractivity contribution in [3.8, 4) is 11.5 Å². The first-order chi connectivity index (χ1) is 6.54. The lowest BCUT2D eigenvalue weighted by Crippen LogP contribution is -2.04. The number of hydrogen-bond acceptors (Lipinski definition) is 2. The van der Waals surface area contributed by atoms with E-state index in [1.807, 2.05) is 6.92 Å². The van der Waals surface area contributed by atoms with Gasteiger partial charge in [-0.05, 0) is 31.0 Å². The van der Waals surface area contributed by atoms with Gasteiger partial charge in [0.05, 0.1) is 7.11 Å². The smallest absolute Gasteiger partial charge is 0.387 e. The molecule has 0 saturated carbocycles. The molecule has 1 rings (SSSR count). The zero-order valence-electron chi connectivity index (χ0n) is 8.30. The number of aryl methyl sites for hydroxylation is 2. The summed E-state index contributed by atoms with van der Waals surface area (Å²) in [5.41, 5.74) is 1.57. The van der Waals surface area contributed by atoms with Gasteiger partial charge < -0.3 is 9.47 Å². The Hall–Kier alpha value is -1.32. The maximum atomic E-state index is 12.0. The highest BCUT2D eigenvalue weighted by Crippen LogP contribution is 2.28. The average Bonchev–Trinajstić information content (AvgIpc) is 2.09. The summed E-state index contributed by atoms with van der Waals surface area (Å²) in [4.78, 5) is 0. The summed E-state index contributed by atoms with van der Waals surface area (Å²) in [7, 11) is 1.49. The standard InChI is InChI=1S/C10H12F2O2/c1-6-4-7(2)9(14-10(11)12)5-8(6)13-3/h4-5,10H,1-3H3. The fourth-order valence-electron chi connectivity index (χ4n) is 1.26. The molecule has 0 unspecified atom stereocenters. The van der Waals surface area contributed by atoms with Gasteiger partial charge in [0.2, 0.25) is 0 Å². The van der Waals surface area contributed by atoms with Crippen LogP contribution >= 0.6 is 0 Å². The summed E-state index contributed by atoms with van der Waals surface area (Å²) >= 11 is 0. The van der Waals surface area contributed by atoms with Crippen molar-refractivity contribution >= 4 is 0 Å². The van der Waals surface area contributed by atoms with Gasteiger partial charge in [-0.2, -0.15) is 8.78 Å². The molecular weight excluding hydrogens is 190 g/mol. The number of alkyl halides is 2. The number of hydrogen-bond donors (Lipinski definition) is 0. The van der Waals surface area contributed by atoms with E-state index in [-0.39, 0.29) is 5.75 Å². The predicted molar refractivity (Wildman–Crippen MR) is 49.1 cm³/mol. The predicted octanol–water partition coefficient (Wildman–Crippen LogP) is 2.91. The summed E-state index contributed by atoms with van der Waals surface area (Å²) in [6.45, 7) is 0.753. The van der Waals surface area contributed by atoms with Crippen LogP contribution in [0.3, 0.4) is 0 Å². The summed E-state index contributed by atoms with van der Waals surface area (Å²) in [5.74, 6) is 0.703. The molecule has 0 spiro atoms. The van der Waals surface area contributed by atoms with Crippen LogP contribution in [-0.2, 0) is 0 Å². The van der Waals surface area contributed by atoms with Gasteiger partial charge in [0.25, 0.3) is 0 Å². The molecular formula is C10H12F2O2. The van der Waals surface area contributed by atoms with E-state index in [4.69, 9.17) is 4.74 Å². The normalized spacial score (nSPS) is 10.4. The molecule has 0 aliphatic carbocycles. The van der Waals surface area contributed by atoms with Gasteiger partial charge in [0, 0.05) is 6.07 Å². The SMILES string of the molecule is COc1cc(OC(F)F)c(C)cc1C. The highest BCUT2D eigenvalue weighted by molar-refractivity contribution is 5.45. The number of benzene rings is 1. The maximum absolute atomic E-state index is 12.0. The van der Waals surface area contributed by atoms with Crippen molar-refractivity contribution in [2.45, 2.75) is 20.5 Å². The van der Waals surface area contributed by atoms with Gasteiger partial charge in [-0.25, -0.2) is 0 Å². The van der Waals surface area contributed by atoms with Crippen LogP contribution < -0.4 is 9.47 Å². The van der Waals surface area contributed by atoms with Gasteiger partial charge in [-0.3, -0.25) is 0 Å². The molecule has 0 bridgehead atoms. The number of ether oxygens (including phenoxy) is 2. The van der Waals surface area contributed by atoms with E-state index < -0.39 is 6.61 Å². The highest BCUT2D eigenvalue weighted by atomic mass is 19.3. The summed E-state index contributed by atoms with van der Waals surface area (Å²) in [6, 6.07) is 3.22. The fourth-order valence-corrected chi connectivity index (χ4v) is 1.26. The highest BCUT2D eigenvalue weighted by Gasteiger charge is 2.10. The Balaban J connectivity index is 3.04. The Bertz CT molecular complexity index is 324. The molecule has 2 nitrogen and oxygen atoms in total. The second-order valence-electron chi connectivity index (χ2n) is 2.97. The van der Waals surface area contributed by atoms with Crippen molar-refractivity contribution in [2.24, 2.45) is 0 Å². The van der Waals surface area contributed by atoms with E-state index in [2.05, 4.69) is 4.74 Å². The van der Waals surface area contributed by atoms with Crippen molar-refractivity contribution < 1.29 is 18.3 Å². The molecule has 0 aliphatic heterocycles. The van der Waals surface area contributed by atoms with E-state index in [9.17, 15) is 8.78 Å². The van der Waals surface area contributed by atoms with Crippen LogP contribution in [0.2, 0.25) is 0 Å². The van der Waals surface area contributed by atoms with Crippen LogP contribution in [0.25, 0.3) is 0 Å². The van der Waals surface area contributed by atoms with Crippen LogP contribution in [0.1, 0.15) is 11.1 Å². The molecule has 0 amide bonds. The molecule has 1 aromatic rings. The lowest BCUT2D eigenvalue weighted by atomic mass is 10.1. The van der Waals surface area contributed by atoms with E-state index >= 15 is 0 Å². The monoisotopic (exact) mass is 202 g/mol. The van der Waals surface area contributed by atoms with Crippen molar-refractivity contribution in [1.29, 1.82) is 0 Å². The molecule has 0 radical (unpaired) electrons. The number of rotatable bonds is 3. The Kier molecular flexibility index (Phi) is 3.28. The summed E-state index contributed by atoms with van der Waals surface area (Å²) in [6.07, 6.45) is 0. The third-order valence-electron chi connectivity index (χ3n) is 1.91. The Morgan fingerprint density at radius 2 is 1.64 bits per heavy atom. The summed E-state index contributed by atoms with van der Waals surface area (Å²) < 4.78 is 33.3. The van der Waals surface area contributed by atoms with Crippen LogP contribution in [0.5, 0.6) is 11.5 Å². The Morgan fingerprint density at radius 1 is 1.07 bits per heavy atom. The number of methoxy groups -OCH3 is 1. The van der Waals surface area contributed by atoms with E-state index in [1.54, 1.807) is 13.0 Å². The van der Waals surface area contributed by atoms with Gasteiger partial charge in [-0.1, -0.05) is 0 Å². The van der Waals surface area contributed by atoms with Crippen LogP contribution in [-0.4, -0.2) is 13.7 Å². The van der Waals surface area contributed by atoms with Crippen molar-refractivity contribution in [3.05, 3.63) is 23.3 Å². The second-order valence-corrected chi connectivity index (χ2v) is 2.97. The number of halogens is 2. The molecule has 0 aliphatic rings. The lowest BCUT2D eigenvalue weighted by molar-refractivity contribution is -0.0503. The van der Waals surface area contributed by atoms with Gasteiger partial charge in [0.1, 0.15) is 11.5 Å². The van der Waals surface area contributed by atoms with Gasteiger partial charge in [-0.15, -0.1) is 0 Å². The molecule has 4 heteroatoms. The second kappa shape index (κ2) is 4.26. The quantitative estimate of drug-likeness (QED) is 0.750. The molecule has 0 heterocycles. The average molecular weight is 202 g/mol. The minimum absolute atomic E-state index is 0.155. The van der Waals surface area contributed by atoms with Crippen molar-refractivity contribution in [3.63, 3.8) is 0 Å². The lowest BCUT2D eigenvalue weighted by Gasteiger charge is -2.11. The van der Waals surface area contributed by atoms with E-state index in [0.717, 1.165) is 5.56 Å². The van der Waals surface area contributed by atoms with E-state index in [0.29, 0.717) is 11.3 Å².